The van der Waals surface area contributed by atoms with E-state index in [0.29, 0.717) is 11.3 Å². The van der Waals surface area contributed by atoms with Crippen molar-refractivity contribution in [1.29, 1.82) is 0 Å². The van der Waals surface area contributed by atoms with E-state index < -0.39 is 0 Å². The minimum Gasteiger partial charge on any atom is -0.497 e. The van der Waals surface area contributed by atoms with Gasteiger partial charge >= 0.3 is 0 Å². The standard InChI is InChI=1S/C16H24FNO2/c1-4-10-18-15(16(20-3)8-5-9-16)13-7-6-12(19-2)11-14(13)17/h6-7,11,15,18H,4-5,8-10H2,1-3H3. The smallest absolute Gasteiger partial charge is 0.131 e. The highest BCUT2D eigenvalue weighted by atomic mass is 19.1. The highest BCUT2D eigenvalue weighted by Gasteiger charge is 2.45. The zero-order valence-electron chi connectivity index (χ0n) is 12.5. The summed E-state index contributed by atoms with van der Waals surface area (Å²) in [6.45, 7) is 2.95. The third-order valence-corrected chi connectivity index (χ3v) is 4.25. The van der Waals surface area contributed by atoms with Gasteiger partial charge in [0.05, 0.1) is 18.8 Å². The first-order valence-corrected chi connectivity index (χ1v) is 7.29. The maximum Gasteiger partial charge on any atom is 0.131 e. The van der Waals surface area contributed by atoms with Crippen molar-refractivity contribution in [2.75, 3.05) is 20.8 Å². The quantitative estimate of drug-likeness (QED) is 0.830. The fraction of sp³-hybridized carbons (Fsp3) is 0.625. The first kappa shape index (κ1) is 15.3. The van der Waals surface area contributed by atoms with Gasteiger partial charge in [0.15, 0.2) is 0 Å². The molecule has 2 rings (SSSR count). The zero-order chi connectivity index (χ0) is 14.6. The Morgan fingerprint density at radius 3 is 2.55 bits per heavy atom. The summed E-state index contributed by atoms with van der Waals surface area (Å²) in [6, 6.07) is 4.95. The monoisotopic (exact) mass is 281 g/mol. The van der Waals surface area contributed by atoms with Crippen LogP contribution in [0.1, 0.15) is 44.2 Å². The molecule has 1 saturated carbocycles. The van der Waals surface area contributed by atoms with Gasteiger partial charge in [-0.05, 0) is 38.3 Å². The van der Waals surface area contributed by atoms with Crippen molar-refractivity contribution in [2.45, 2.75) is 44.2 Å². The Balaban J connectivity index is 2.30. The number of hydrogen-bond donors (Lipinski definition) is 1. The van der Waals surface area contributed by atoms with Crippen LogP contribution in [0.4, 0.5) is 4.39 Å². The van der Waals surface area contributed by atoms with Crippen LogP contribution in [-0.2, 0) is 4.74 Å². The Morgan fingerprint density at radius 2 is 2.10 bits per heavy atom. The van der Waals surface area contributed by atoms with E-state index in [2.05, 4.69) is 12.2 Å². The molecule has 1 N–H and O–H groups in total. The molecule has 112 valence electrons. The Kier molecular flexibility index (Phi) is 5.00. The molecule has 0 radical (unpaired) electrons. The van der Waals surface area contributed by atoms with Gasteiger partial charge in [0.25, 0.3) is 0 Å². The molecular formula is C16H24FNO2. The lowest BCUT2D eigenvalue weighted by Crippen LogP contribution is -2.51. The first-order chi connectivity index (χ1) is 9.66. The summed E-state index contributed by atoms with van der Waals surface area (Å²) in [7, 11) is 3.27. The Morgan fingerprint density at radius 1 is 1.35 bits per heavy atom. The SMILES string of the molecule is CCCNC(c1ccc(OC)cc1F)C1(OC)CCC1. The second kappa shape index (κ2) is 6.55. The summed E-state index contributed by atoms with van der Waals surface area (Å²) >= 11 is 0. The topological polar surface area (TPSA) is 30.5 Å². The summed E-state index contributed by atoms with van der Waals surface area (Å²) < 4.78 is 25.2. The van der Waals surface area contributed by atoms with Crippen molar-refractivity contribution < 1.29 is 13.9 Å². The number of ether oxygens (including phenoxy) is 2. The summed E-state index contributed by atoms with van der Waals surface area (Å²) in [5.41, 5.74) is 0.394. The van der Waals surface area contributed by atoms with E-state index in [0.717, 1.165) is 32.2 Å². The fourth-order valence-corrected chi connectivity index (χ4v) is 2.87. The molecule has 0 amide bonds. The van der Waals surface area contributed by atoms with Gasteiger partial charge in [-0.2, -0.15) is 0 Å². The molecule has 1 aromatic rings. The highest BCUT2D eigenvalue weighted by molar-refractivity contribution is 5.33. The van der Waals surface area contributed by atoms with E-state index in [1.165, 1.54) is 6.07 Å². The summed E-state index contributed by atoms with van der Waals surface area (Å²) in [5, 5.41) is 3.45. The Labute approximate surface area is 120 Å². The third kappa shape index (κ3) is 2.81. The molecule has 1 fully saturated rings. The lowest BCUT2D eigenvalue weighted by molar-refractivity contribution is -0.100. The van der Waals surface area contributed by atoms with Crippen molar-refractivity contribution in [1.82, 2.24) is 5.32 Å². The van der Waals surface area contributed by atoms with Gasteiger partial charge in [-0.25, -0.2) is 4.39 Å². The van der Waals surface area contributed by atoms with Gasteiger partial charge in [-0.3, -0.25) is 0 Å². The largest absolute Gasteiger partial charge is 0.497 e. The lowest BCUT2D eigenvalue weighted by Gasteiger charge is -2.47. The molecule has 1 atom stereocenters. The Bertz CT molecular complexity index is 441. The van der Waals surface area contributed by atoms with Crippen molar-refractivity contribution in [3.05, 3.63) is 29.6 Å². The molecule has 0 spiro atoms. The van der Waals surface area contributed by atoms with Crippen LogP contribution in [0.5, 0.6) is 5.75 Å². The van der Waals surface area contributed by atoms with E-state index in [1.807, 2.05) is 0 Å². The second-order valence-corrected chi connectivity index (χ2v) is 5.40. The molecular weight excluding hydrogens is 257 g/mol. The summed E-state index contributed by atoms with van der Waals surface area (Å²) in [6.07, 6.45) is 4.08. The summed E-state index contributed by atoms with van der Waals surface area (Å²) in [4.78, 5) is 0. The molecule has 1 aliphatic carbocycles. The predicted molar refractivity (Wildman–Crippen MR) is 77.6 cm³/mol. The van der Waals surface area contributed by atoms with Crippen LogP contribution in [0.15, 0.2) is 18.2 Å². The normalized spacial score (nSPS) is 18.4. The van der Waals surface area contributed by atoms with Crippen molar-refractivity contribution in [3.63, 3.8) is 0 Å². The molecule has 1 unspecified atom stereocenters. The molecule has 0 aromatic heterocycles. The number of rotatable bonds is 7. The van der Waals surface area contributed by atoms with Gasteiger partial charge in [0.1, 0.15) is 11.6 Å². The van der Waals surface area contributed by atoms with E-state index in [9.17, 15) is 4.39 Å². The predicted octanol–water partition coefficient (Wildman–Crippen LogP) is 3.44. The van der Waals surface area contributed by atoms with Crippen LogP contribution >= 0.6 is 0 Å². The average molecular weight is 281 g/mol. The van der Waals surface area contributed by atoms with Crippen LogP contribution in [0, 0.1) is 5.82 Å². The molecule has 4 heteroatoms. The number of benzene rings is 1. The number of halogens is 1. The molecule has 0 bridgehead atoms. The molecule has 0 saturated heterocycles. The minimum atomic E-state index is -0.273. The highest BCUT2D eigenvalue weighted by Crippen LogP contribution is 2.45. The summed E-state index contributed by atoms with van der Waals surface area (Å²) in [5.74, 6) is 0.307. The number of hydrogen-bond acceptors (Lipinski definition) is 3. The minimum absolute atomic E-state index is 0.105. The van der Waals surface area contributed by atoms with E-state index >= 15 is 0 Å². The van der Waals surface area contributed by atoms with Gasteiger partial charge in [-0.1, -0.05) is 13.0 Å². The Hall–Kier alpha value is -1.13. The van der Waals surface area contributed by atoms with Gasteiger partial charge in [0.2, 0.25) is 0 Å². The lowest BCUT2D eigenvalue weighted by atomic mass is 9.72. The van der Waals surface area contributed by atoms with Crippen LogP contribution < -0.4 is 10.1 Å². The third-order valence-electron chi connectivity index (χ3n) is 4.25. The van der Waals surface area contributed by atoms with Crippen LogP contribution in [0.2, 0.25) is 0 Å². The molecule has 1 aliphatic rings. The van der Waals surface area contributed by atoms with Crippen molar-refractivity contribution in [3.8, 4) is 5.75 Å². The maximum absolute atomic E-state index is 14.4. The molecule has 1 aromatic carbocycles. The van der Waals surface area contributed by atoms with Gasteiger partial charge in [-0.15, -0.1) is 0 Å². The van der Waals surface area contributed by atoms with Gasteiger partial charge in [0, 0.05) is 18.7 Å². The van der Waals surface area contributed by atoms with Crippen LogP contribution in [-0.4, -0.2) is 26.4 Å². The second-order valence-electron chi connectivity index (χ2n) is 5.40. The van der Waals surface area contributed by atoms with Crippen molar-refractivity contribution >= 4 is 0 Å². The van der Waals surface area contributed by atoms with E-state index in [-0.39, 0.29) is 17.5 Å². The van der Waals surface area contributed by atoms with Crippen molar-refractivity contribution in [2.24, 2.45) is 0 Å². The van der Waals surface area contributed by atoms with Gasteiger partial charge < -0.3 is 14.8 Å². The van der Waals surface area contributed by atoms with E-state index in [1.54, 1.807) is 26.4 Å². The maximum atomic E-state index is 14.4. The fourth-order valence-electron chi connectivity index (χ4n) is 2.87. The van der Waals surface area contributed by atoms with E-state index in [4.69, 9.17) is 9.47 Å². The zero-order valence-corrected chi connectivity index (χ0v) is 12.5. The molecule has 20 heavy (non-hydrogen) atoms. The van der Waals surface area contributed by atoms with Crippen LogP contribution in [0.3, 0.4) is 0 Å². The molecule has 0 heterocycles. The molecule has 3 nitrogen and oxygen atoms in total. The number of methoxy groups -OCH3 is 2. The first-order valence-electron chi connectivity index (χ1n) is 7.29. The number of nitrogens with one attached hydrogen (secondary N) is 1. The average Bonchev–Trinajstić information content (AvgIpc) is 2.42. The molecule has 0 aliphatic heterocycles. The van der Waals surface area contributed by atoms with Crippen LogP contribution in [0.25, 0.3) is 0 Å².